The van der Waals surface area contributed by atoms with Crippen LogP contribution >= 0.6 is 0 Å². The van der Waals surface area contributed by atoms with Gasteiger partial charge in [0.2, 0.25) is 10.0 Å². The Labute approximate surface area is 136 Å². The fourth-order valence-electron chi connectivity index (χ4n) is 2.84. The van der Waals surface area contributed by atoms with Crippen LogP contribution in [-0.2, 0) is 26.0 Å². The molecule has 0 amide bonds. The summed E-state index contributed by atoms with van der Waals surface area (Å²) in [5.41, 5.74) is 0.973. The van der Waals surface area contributed by atoms with Gasteiger partial charge in [-0.25, -0.2) is 13.1 Å². The minimum Gasteiger partial charge on any atom is -0.481 e. The summed E-state index contributed by atoms with van der Waals surface area (Å²) in [4.78, 5) is 10.8. The number of hydrogen-bond donors (Lipinski definition) is 2. The van der Waals surface area contributed by atoms with Gasteiger partial charge in [0.1, 0.15) is 5.25 Å². The maximum absolute atomic E-state index is 12.6. The fourth-order valence-corrected chi connectivity index (χ4v) is 4.67. The maximum Gasteiger partial charge on any atom is 0.303 e. The Morgan fingerprint density at radius 2 is 2.09 bits per heavy atom. The Balaban J connectivity index is 2.08. The Morgan fingerprint density at radius 1 is 1.39 bits per heavy atom. The van der Waals surface area contributed by atoms with Gasteiger partial charge in [0.15, 0.2) is 0 Å². The number of ether oxygens (including phenoxy) is 1. The molecule has 1 fully saturated rings. The number of sulfonamides is 1. The topological polar surface area (TPSA) is 92.7 Å². The summed E-state index contributed by atoms with van der Waals surface area (Å²) in [7, 11) is -3.54. The second-order valence-electron chi connectivity index (χ2n) is 5.88. The van der Waals surface area contributed by atoms with Crippen molar-refractivity contribution in [3.05, 3.63) is 35.9 Å². The monoisotopic (exact) mass is 341 g/mol. The SMILES string of the molecule is CC1OCCC1S(=O)(=O)NC(CCC(=O)O)Cc1ccccc1. The molecule has 0 spiro atoms. The summed E-state index contributed by atoms with van der Waals surface area (Å²) in [6, 6.07) is 9.02. The number of nitrogens with one attached hydrogen (secondary N) is 1. The van der Waals surface area contributed by atoms with Gasteiger partial charge in [-0.15, -0.1) is 0 Å². The van der Waals surface area contributed by atoms with E-state index in [1.54, 1.807) is 6.92 Å². The predicted octanol–water partition coefficient (Wildman–Crippen LogP) is 1.56. The first-order valence-electron chi connectivity index (χ1n) is 7.77. The van der Waals surface area contributed by atoms with Crippen LogP contribution in [0.2, 0.25) is 0 Å². The van der Waals surface area contributed by atoms with E-state index in [0.29, 0.717) is 19.4 Å². The molecule has 128 valence electrons. The Bertz CT molecular complexity index is 617. The number of benzene rings is 1. The fraction of sp³-hybridized carbons (Fsp3) is 0.562. The molecule has 2 rings (SSSR count). The van der Waals surface area contributed by atoms with Crippen LogP contribution in [0.4, 0.5) is 0 Å². The Morgan fingerprint density at radius 3 is 2.65 bits per heavy atom. The molecule has 23 heavy (non-hydrogen) atoms. The molecular weight excluding hydrogens is 318 g/mol. The third-order valence-corrected chi connectivity index (χ3v) is 6.15. The zero-order valence-corrected chi connectivity index (χ0v) is 14.0. The molecule has 0 saturated carbocycles. The van der Waals surface area contributed by atoms with Crippen molar-refractivity contribution in [3.8, 4) is 0 Å². The van der Waals surface area contributed by atoms with Gasteiger partial charge in [-0.05, 0) is 31.7 Å². The van der Waals surface area contributed by atoms with Gasteiger partial charge in [-0.1, -0.05) is 30.3 Å². The van der Waals surface area contributed by atoms with Crippen molar-refractivity contribution in [2.45, 2.75) is 50.0 Å². The lowest BCUT2D eigenvalue weighted by Gasteiger charge is -2.22. The normalized spacial score (nSPS) is 22.8. The van der Waals surface area contributed by atoms with Crippen LogP contribution in [0.1, 0.15) is 31.7 Å². The third kappa shape index (κ3) is 5.30. The largest absolute Gasteiger partial charge is 0.481 e. The summed E-state index contributed by atoms with van der Waals surface area (Å²) >= 11 is 0. The molecule has 1 aliphatic rings. The molecule has 2 N–H and O–H groups in total. The van der Waals surface area contributed by atoms with Gasteiger partial charge < -0.3 is 9.84 Å². The van der Waals surface area contributed by atoms with E-state index in [0.717, 1.165) is 5.56 Å². The zero-order chi connectivity index (χ0) is 16.9. The number of aliphatic carboxylic acids is 1. The molecule has 1 aliphatic heterocycles. The number of carboxylic acids is 1. The van der Waals surface area contributed by atoms with Gasteiger partial charge in [0.25, 0.3) is 0 Å². The van der Waals surface area contributed by atoms with Crippen molar-refractivity contribution >= 4 is 16.0 Å². The number of hydrogen-bond acceptors (Lipinski definition) is 4. The first kappa shape index (κ1) is 17.9. The second-order valence-corrected chi connectivity index (χ2v) is 7.82. The average Bonchev–Trinajstić information content (AvgIpc) is 2.92. The Hall–Kier alpha value is -1.44. The number of rotatable bonds is 8. The third-order valence-electron chi connectivity index (χ3n) is 4.07. The quantitative estimate of drug-likeness (QED) is 0.748. The lowest BCUT2D eigenvalue weighted by atomic mass is 10.0. The van der Waals surface area contributed by atoms with Gasteiger partial charge in [0, 0.05) is 19.1 Å². The van der Waals surface area contributed by atoms with E-state index in [9.17, 15) is 13.2 Å². The summed E-state index contributed by atoms with van der Waals surface area (Å²) < 4.78 is 33.1. The summed E-state index contributed by atoms with van der Waals surface area (Å²) in [5, 5.41) is 8.30. The molecule has 3 unspecified atom stereocenters. The van der Waals surface area contributed by atoms with E-state index in [1.807, 2.05) is 30.3 Å². The molecule has 0 aliphatic carbocycles. The molecule has 0 aromatic heterocycles. The average molecular weight is 341 g/mol. The Kier molecular flexibility index (Phi) is 6.15. The lowest BCUT2D eigenvalue weighted by Crippen LogP contribution is -2.44. The molecule has 1 aromatic rings. The highest BCUT2D eigenvalue weighted by atomic mass is 32.2. The summed E-state index contributed by atoms with van der Waals surface area (Å²) in [5.74, 6) is -0.931. The molecule has 3 atom stereocenters. The van der Waals surface area contributed by atoms with Crippen LogP contribution in [0.3, 0.4) is 0 Å². The number of carbonyl (C=O) groups is 1. The van der Waals surface area contributed by atoms with Crippen molar-refractivity contribution in [1.29, 1.82) is 0 Å². The molecule has 1 heterocycles. The molecule has 7 heteroatoms. The lowest BCUT2D eigenvalue weighted by molar-refractivity contribution is -0.137. The van der Waals surface area contributed by atoms with Crippen molar-refractivity contribution in [2.24, 2.45) is 0 Å². The highest BCUT2D eigenvalue weighted by Crippen LogP contribution is 2.21. The van der Waals surface area contributed by atoms with E-state index in [-0.39, 0.29) is 18.9 Å². The van der Waals surface area contributed by atoms with Gasteiger partial charge >= 0.3 is 5.97 Å². The van der Waals surface area contributed by atoms with Crippen LogP contribution < -0.4 is 4.72 Å². The molecule has 0 bridgehead atoms. The molecular formula is C16H23NO5S. The minimum atomic E-state index is -3.54. The molecule has 1 aromatic carbocycles. The van der Waals surface area contributed by atoms with E-state index in [4.69, 9.17) is 9.84 Å². The van der Waals surface area contributed by atoms with E-state index >= 15 is 0 Å². The van der Waals surface area contributed by atoms with E-state index < -0.39 is 27.3 Å². The maximum atomic E-state index is 12.6. The smallest absolute Gasteiger partial charge is 0.303 e. The van der Waals surface area contributed by atoms with E-state index in [2.05, 4.69) is 4.72 Å². The number of carboxylic acid groups (broad SMARTS) is 1. The predicted molar refractivity (Wildman–Crippen MR) is 86.7 cm³/mol. The van der Waals surface area contributed by atoms with Crippen LogP contribution in [0.25, 0.3) is 0 Å². The first-order valence-corrected chi connectivity index (χ1v) is 9.31. The zero-order valence-electron chi connectivity index (χ0n) is 13.1. The van der Waals surface area contributed by atoms with Crippen molar-refractivity contribution in [1.82, 2.24) is 4.72 Å². The van der Waals surface area contributed by atoms with Crippen molar-refractivity contribution < 1.29 is 23.1 Å². The van der Waals surface area contributed by atoms with Crippen LogP contribution in [0.15, 0.2) is 30.3 Å². The van der Waals surface area contributed by atoms with Gasteiger partial charge in [-0.3, -0.25) is 4.79 Å². The molecule has 6 nitrogen and oxygen atoms in total. The van der Waals surface area contributed by atoms with Crippen LogP contribution in [0, 0.1) is 0 Å². The highest BCUT2D eigenvalue weighted by Gasteiger charge is 2.36. The standard InChI is InChI=1S/C16H23NO5S/c1-12-15(9-10-22-12)23(20,21)17-14(7-8-16(18)19)11-13-5-3-2-4-6-13/h2-6,12,14-15,17H,7-11H2,1H3,(H,18,19). The first-order chi connectivity index (χ1) is 10.9. The summed E-state index contributed by atoms with van der Waals surface area (Å²) in [6.07, 6.45) is 0.773. The second kappa shape index (κ2) is 7.90. The molecule has 1 saturated heterocycles. The van der Waals surface area contributed by atoms with Crippen LogP contribution in [0.5, 0.6) is 0 Å². The molecule has 0 radical (unpaired) electrons. The van der Waals surface area contributed by atoms with Crippen molar-refractivity contribution in [3.63, 3.8) is 0 Å². The van der Waals surface area contributed by atoms with Crippen molar-refractivity contribution in [2.75, 3.05) is 6.61 Å². The van der Waals surface area contributed by atoms with E-state index in [1.165, 1.54) is 0 Å². The van der Waals surface area contributed by atoms with Gasteiger partial charge in [-0.2, -0.15) is 0 Å². The highest BCUT2D eigenvalue weighted by molar-refractivity contribution is 7.90. The minimum absolute atomic E-state index is 0.0727. The summed E-state index contributed by atoms with van der Waals surface area (Å²) in [6.45, 7) is 2.19. The van der Waals surface area contributed by atoms with Gasteiger partial charge in [0.05, 0.1) is 6.10 Å². The van der Waals surface area contributed by atoms with Crippen LogP contribution in [-0.4, -0.2) is 43.5 Å².